The zero-order valence-electron chi connectivity index (χ0n) is 19.6. The second-order valence-corrected chi connectivity index (χ2v) is 8.42. The maximum atomic E-state index is 12.8. The zero-order chi connectivity index (χ0) is 24.5. The van der Waals surface area contributed by atoms with E-state index in [0.717, 1.165) is 35.1 Å². The van der Waals surface area contributed by atoms with Crippen LogP contribution in [0.25, 0.3) is 11.1 Å². The normalized spacial score (nSPS) is 13.9. The van der Waals surface area contributed by atoms with Crippen molar-refractivity contribution in [3.8, 4) is 11.1 Å². The first kappa shape index (κ1) is 25.2. The van der Waals surface area contributed by atoms with E-state index < -0.39 is 30.1 Å². The van der Waals surface area contributed by atoms with Crippen LogP contribution in [-0.4, -0.2) is 55.5 Å². The molecule has 0 unspecified atom stereocenters. The number of nitrogens with one attached hydrogen (secondary N) is 2. The van der Waals surface area contributed by atoms with Gasteiger partial charge in [-0.1, -0.05) is 68.3 Å². The Balaban J connectivity index is 1.62. The largest absolute Gasteiger partial charge is 0.481 e. The number of amides is 2. The Morgan fingerprint density at radius 2 is 1.62 bits per heavy atom. The molecule has 3 N–H and O–H groups in total. The van der Waals surface area contributed by atoms with Gasteiger partial charge in [-0.25, -0.2) is 4.79 Å². The van der Waals surface area contributed by atoms with Gasteiger partial charge in [0.2, 0.25) is 5.91 Å². The van der Waals surface area contributed by atoms with Crippen molar-refractivity contribution in [3.63, 3.8) is 0 Å². The predicted octanol–water partition coefficient (Wildman–Crippen LogP) is 3.69. The van der Waals surface area contributed by atoms with Crippen LogP contribution in [0, 0.1) is 0 Å². The van der Waals surface area contributed by atoms with Gasteiger partial charge in [0.1, 0.15) is 12.6 Å². The van der Waals surface area contributed by atoms with Crippen LogP contribution in [0.4, 0.5) is 4.79 Å². The minimum absolute atomic E-state index is 0.0659. The lowest BCUT2D eigenvalue weighted by Gasteiger charge is -2.22. The van der Waals surface area contributed by atoms with E-state index in [4.69, 9.17) is 14.6 Å². The minimum Gasteiger partial charge on any atom is -0.481 e. The van der Waals surface area contributed by atoms with Gasteiger partial charge < -0.3 is 25.2 Å². The van der Waals surface area contributed by atoms with E-state index in [1.165, 1.54) is 7.11 Å². The van der Waals surface area contributed by atoms with Crippen molar-refractivity contribution >= 4 is 18.0 Å². The van der Waals surface area contributed by atoms with E-state index in [0.29, 0.717) is 6.42 Å². The molecule has 0 heterocycles. The number of methoxy groups -OCH3 is 1. The maximum Gasteiger partial charge on any atom is 0.407 e. The Labute approximate surface area is 199 Å². The topological polar surface area (TPSA) is 114 Å². The molecule has 8 nitrogen and oxygen atoms in total. The van der Waals surface area contributed by atoms with Gasteiger partial charge in [0.05, 0.1) is 13.0 Å². The van der Waals surface area contributed by atoms with E-state index in [2.05, 4.69) is 22.8 Å². The van der Waals surface area contributed by atoms with Crippen LogP contribution in [0.3, 0.4) is 0 Å². The number of hydrogen-bond donors (Lipinski definition) is 3. The highest BCUT2D eigenvalue weighted by Crippen LogP contribution is 2.44. The van der Waals surface area contributed by atoms with Crippen LogP contribution in [0.15, 0.2) is 48.5 Å². The fourth-order valence-electron chi connectivity index (χ4n) is 4.32. The van der Waals surface area contributed by atoms with Crippen LogP contribution in [0.5, 0.6) is 0 Å². The second-order valence-electron chi connectivity index (χ2n) is 8.42. The third kappa shape index (κ3) is 6.35. The second kappa shape index (κ2) is 12.2. The summed E-state index contributed by atoms with van der Waals surface area (Å²) >= 11 is 0. The molecule has 34 heavy (non-hydrogen) atoms. The van der Waals surface area contributed by atoms with Gasteiger partial charge in [-0.05, 0) is 28.7 Å². The van der Waals surface area contributed by atoms with Crippen molar-refractivity contribution < 1.29 is 29.0 Å². The summed E-state index contributed by atoms with van der Waals surface area (Å²) in [5.41, 5.74) is 4.44. The lowest BCUT2D eigenvalue weighted by atomic mass is 9.98. The number of hydrogen-bond acceptors (Lipinski definition) is 5. The van der Waals surface area contributed by atoms with Gasteiger partial charge in [0.25, 0.3) is 0 Å². The number of alkyl carbamates (subject to hydrolysis) is 1. The molecule has 3 rings (SSSR count). The molecule has 0 spiro atoms. The van der Waals surface area contributed by atoms with E-state index in [1.54, 1.807) is 0 Å². The van der Waals surface area contributed by atoms with Crippen LogP contribution < -0.4 is 10.6 Å². The summed E-state index contributed by atoms with van der Waals surface area (Å²) in [6, 6.07) is 14.5. The number of benzene rings is 2. The molecule has 0 aliphatic heterocycles. The van der Waals surface area contributed by atoms with Crippen LogP contribution in [0.1, 0.15) is 49.7 Å². The summed E-state index contributed by atoms with van der Waals surface area (Å²) in [4.78, 5) is 36.5. The van der Waals surface area contributed by atoms with Crippen LogP contribution in [-0.2, 0) is 19.1 Å². The van der Waals surface area contributed by atoms with Gasteiger partial charge >= 0.3 is 12.1 Å². The van der Waals surface area contributed by atoms with E-state index in [9.17, 15) is 14.4 Å². The molecule has 0 saturated heterocycles. The molecule has 0 fully saturated rings. The average molecular weight is 469 g/mol. The number of carbonyl (C=O) groups excluding carboxylic acids is 2. The molecule has 1 aliphatic carbocycles. The van der Waals surface area contributed by atoms with Gasteiger partial charge in [-0.15, -0.1) is 0 Å². The summed E-state index contributed by atoms with van der Waals surface area (Å²) in [7, 11) is 1.42. The Morgan fingerprint density at radius 3 is 2.18 bits per heavy atom. The maximum absolute atomic E-state index is 12.8. The van der Waals surface area contributed by atoms with Crippen LogP contribution in [0.2, 0.25) is 0 Å². The van der Waals surface area contributed by atoms with Crippen molar-refractivity contribution in [2.75, 3.05) is 20.3 Å². The number of unbranched alkanes of at least 4 members (excludes halogenated alkanes) is 1. The third-order valence-corrected chi connectivity index (χ3v) is 5.96. The molecule has 2 atom stereocenters. The Bertz CT molecular complexity index is 963. The SMILES string of the molecule is CCCC[C@@H](CC(=O)O)NC(=O)[C@H](COC)NC(=O)OCC1c2ccccc2-c2ccccc21. The number of fused-ring (bicyclic) bond motifs is 3. The first-order valence-corrected chi connectivity index (χ1v) is 11.6. The average Bonchev–Trinajstić information content (AvgIpc) is 3.14. The molecule has 0 aromatic heterocycles. The lowest BCUT2D eigenvalue weighted by Crippen LogP contribution is -2.52. The molecule has 182 valence electrons. The van der Waals surface area contributed by atoms with E-state index in [-0.39, 0.29) is 25.6 Å². The molecule has 0 bridgehead atoms. The number of ether oxygens (including phenoxy) is 2. The first-order valence-electron chi connectivity index (χ1n) is 11.6. The number of carboxylic acid groups (broad SMARTS) is 1. The first-order chi connectivity index (χ1) is 16.4. The predicted molar refractivity (Wildman–Crippen MR) is 128 cm³/mol. The summed E-state index contributed by atoms with van der Waals surface area (Å²) in [5.74, 6) is -1.59. The zero-order valence-corrected chi connectivity index (χ0v) is 19.6. The molecule has 2 amide bonds. The van der Waals surface area contributed by atoms with Crippen molar-refractivity contribution in [2.45, 2.75) is 50.6 Å². The molecular formula is C26H32N2O6. The molecular weight excluding hydrogens is 436 g/mol. The minimum atomic E-state index is -1.00. The van der Waals surface area contributed by atoms with E-state index in [1.807, 2.05) is 43.3 Å². The Hall–Kier alpha value is -3.39. The van der Waals surface area contributed by atoms with Crippen molar-refractivity contribution in [3.05, 3.63) is 59.7 Å². The summed E-state index contributed by atoms with van der Waals surface area (Å²) in [6.07, 6.45) is 1.29. The number of rotatable bonds is 12. The van der Waals surface area contributed by atoms with Crippen LogP contribution >= 0.6 is 0 Å². The van der Waals surface area contributed by atoms with Crippen molar-refractivity contribution in [1.82, 2.24) is 10.6 Å². The highest BCUT2D eigenvalue weighted by Gasteiger charge is 2.30. The summed E-state index contributed by atoms with van der Waals surface area (Å²) in [6.45, 7) is 2.05. The number of carboxylic acids is 1. The fraction of sp³-hybridized carbons (Fsp3) is 0.423. The molecule has 0 radical (unpaired) electrons. The standard InChI is InChI=1S/C26H32N2O6/c1-3-4-9-17(14-24(29)30)27-25(31)23(16-33-2)28-26(32)34-15-22-20-12-7-5-10-18(20)19-11-6-8-13-21(19)22/h5-8,10-13,17,22-23H,3-4,9,14-16H2,1-2H3,(H,27,31)(H,28,32)(H,29,30)/t17-,23-/m0/s1. The van der Waals surface area contributed by atoms with Gasteiger partial charge in [-0.3, -0.25) is 9.59 Å². The quantitative estimate of drug-likeness (QED) is 0.438. The van der Waals surface area contributed by atoms with E-state index >= 15 is 0 Å². The molecule has 8 heteroatoms. The van der Waals surface area contributed by atoms with Gasteiger partial charge in [-0.2, -0.15) is 0 Å². The van der Waals surface area contributed by atoms with Gasteiger partial charge in [0.15, 0.2) is 0 Å². The van der Waals surface area contributed by atoms with Crippen molar-refractivity contribution in [1.29, 1.82) is 0 Å². The molecule has 2 aromatic rings. The summed E-state index contributed by atoms with van der Waals surface area (Å²) < 4.78 is 10.6. The Morgan fingerprint density at radius 1 is 1.00 bits per heavy atom. The van der Waals surface area contributed by atoms with Gasteiger partial charge in [0, 0.05) is 19.1 Å². The molecule has 1 aliphatic rings. The Kier molecular flexibility index (Phi) is 9.04. The summed E-state index contributed by atoms with van der Waals surface area (Å²) in [5, 5.41) is 14.4. The third-order valence-electron chi connectivity index (χ3n) is 5.96. The number of carbonyl (C=O) groups is 3. The lowest BCUT2D eigenvalue weighted by molar-refractivity contribution is -0.137. The van der Waals surface area contributed by atoms with Crippen molar-refractivity contribution in [2.24, 2.45) is 0 Å². The fourth-order valence-corrected chi connectivity index (χ4v) is 4.32. The molecule has 2 aromatic carbocycles. The molecule has 0 saturated carbocycles. The smallest absolute Gasteiger partial charge is 0.407 e. The highest BCUT2D eigenvalue weighted by molar-refractivity contribution is 5.86. The highest BCUT2D eigenvalue weighted by atomic mass is 16.5. The number of aliphatic carboxylic acids is 1. The monoisotopic (exact) mass is 468 g/mol.